The fraction of sp³-hybridized carbons (Fsp3) is 0.929. The average molecular weight is 257 g/mol. The minimum absolute atomic E-state index is 0.141. The molecular weight excluding hydrogens is 230 g/mol. The van der Waals surface area contributed by atoms with Crippen LogP contribution in [0.25, 0.3) is 0 Å². The Morgan fingerprint density at radius 1 is 1.39 bits per heavy atom. The van der Waals surface area contributed by atoms with Crippen molar-refractivity contribution >= 4 is 5.97 Å². The largest absolute Gasteiger partial charge is 0.468 e. The molecule has 18 heavy (non-hydrogen) atoms. The van der Waals surface area contributed by atoms with Crippen LogP contribution in [0.4, 0.5) is 0 Å². The number of hydrogen-bond donors (Lipinski definition) is 0. The molecule has 0 aliphatic carbocycles. The molecular formula is C14H27NO3. The summed E-state index contributed by atoms with van der Waals surface area (Å²) in [4.78, 5) is 13.7. The smallest absolute Gasteiger partial charge is 0.319 e. The summed E-state index contributed by atoms with van der Waals surface area (Å²) >= 11 is 0. The van der Waals surface area contributed by atoms with E-state index in [0.717, 1.165) is 6.42 Å². The quantitative estimate of drug-likeness (QED) is 0.724. The summed E-state index contributed by atoms with van der Waals surface area (Å²) in [6, 6.07) is 0.512. The molecule has 0 aromatic rings. The first kappa shape index (κ1) is 15.4. The third-order valence-electron chi connectivity index (χ3n) is 3.63. The van der Waals surface area contributed by atoms with Crippen LogP contribution in [0.2, 0.25) is 0 Å². The zero-order chi connectivity index (χ0) is 14.1. The predicted molar refractivity (Wildman–Crippen MR) is 71.5 cm³/mol. The van der Waals surface area contributed by atoms with E-state index in [4.69, 9.17) is 9.47 Å². The maximum atomic E-state index is 11.6. The van der Waals surface area contributed by atoms with Crippen LogP contribution in [0.3, 0.4) is 0 Å². The Balaban J connectivity index is 2.89. The van der Waals surface area contributed by atoms with E-state index >= 15 is 0 Å². The van der Waals surface area contributed by atoms with Crippen LogP contribution in [0.1, 0.15) is 48.0 Å². The number of nitrogens with zero attached hydrogens (tertiary/aromatic N) is 1. The highest BCUT2D eigenvalue weighted by Crippen LogP contribution is 2.40. The maximum absolute atomic E-state index is 11.6. The highest BCUT2D eigenvalue weighted by Gasteiger charge is 2.49. The van der Waals surface area contributed by atoms with Crippen molar-refractivity contribution in [2.45, 2.75) is 71.2 Å². The second-order valence-corrected chi connectivity index (χ2v) is 6.53. The Labute approximate surface area is 111 Å². The summed E-state index contributed by atoms with van der Waals surface area (Å²) in [5.41, 5.74) is -0.390. The number of methoxy groups -OCH3 is 1. The van der Waals surface area contributed by atoms with Crippen molar-refractivity contribution in [2.75, 3.05) is 13.7 Å². The minimum Gasteiger partial charge on any atom is -0.468 e. The molecule has 1 saturated heterocycles. The van der Waals surface area contributed by atoms with E-state index in [2.05, 4.69) is 46.4 Å². The zero-order valence-corrected chi connectivity index (χ0v) is 12.7. The lowest BCUT2D eigenvalue weighted by atomic mass is 9.92. The van der Waals surface area contributed by atoms with Gasteiger partial charge in [0, 0.05) is 12.1 Å². The number of carbonyl (C=O) groups excluding carboxylic acids is 1. The lowest BCUT2D eigenvalue weighted by Gasteiger charge is -2.38. The van der Waals surface area contributed by atoms with Gasteiger partial charge in [0.2, 0.25) is 0 Å². The molecule has 0 saturated carbocycles. The minimum atomic E-state index is -0.248. The predicted octanol–water partition coefficient (Wildman–Crippen LogP) is 2.22. The number of ether oxygens (including phenoxy) is 2. The van der Waals surface area contributed by atoms with Gasteiger partial charge in [-0.2, -0.15) is 0 Å². The van der Waals surface area contributed by atoms with Crippen molar-refractivity contribution in [3.05, 3.63) is 0 Å². The number of hydrogen-bond acceptors (Lipinski definition) is 4. The molecule has 1 atom stereocenters. The Morgan fingerprint density at radius 2 is 1.94 bits per heavy atom. The third-order valence-corrected chi connectivity index (χ3v) is 3.63. The monoisotopic (exact) mass is 257 g/mol. The molecule has 0 aromatic carbocycles. The fourth-order valence-corrected chi connectivity index (χ4v) is 2.92. The number of esters is 1. The first-order chi connectivity index (χ1) is 8.09. The van der Waals surface area contributed by atoms with Crippen LogP contribution in [0, 0.1) is 0 Å². The van der Waals surface area contributed by atoms with Gasteiger partial charge >= 0.3 is 5.97 Å². The van der Waals surface area contributed by atoms with E-state index in [1.54, 1.807) is 0 Å². The molecule has 1 aliphatic rings. The molecule has 1 aliphatic heterocycles. The fourth-order valence-electron chi connectivity index (χ4n) is 2.92. The van der Waals surface area contributed by atoms with Gasteiger partial charge in [-0.1, -0.05) is 0 Å². The van der Waals surface area contributed by atoms with Gasteiger partial charge in [0.1, 0.15) is 0 Å². The van der Waals surface area contributed by atoms with Crippen molar-refractivity contribution in [3.63, 3.8) is 0 Å². The molecule has 0 amide bonds. The molecule has 1 fully saturated rings. The molecule has 0 N–H and O–H groups in total. The highest BCUT2D eigenvalue weighted by atomic mass is 16.5. The van der Waals surface area contributed by atoms with Gasteiger partial charge in [-0.15, -0.1) is 0 Å². The van der Waals surface area contributed by atoms with Crippen LogP contribution in [-0.2, 0) is 14.3 Å². The molecule has 4 heteroatoms. The molecule has 0 radical (unpaired) electrons. The topological polar surface area (TPSA) is 38.8 Å². The van der Waals surface area contributed by atoms with Crippen LogP contribution in [0.5, 0.6) is 0 Å². The first-order valence-electron chi connectivity index (χ1n) is 6.62. The van der Waals surface area contributed by atoms with Crippen LogP contribution >= 0.6 is 0 Å². The molecule has 0 aromatic heterocycles. The molecule has 0 spiro atoms. The highest BCUT2D eigenvalue weighted by molar-refractivity contribution is 5.71. The van der Waals surface area contributed by atoms with Gasteiger partial charge in [0.15, 0.2) is 0 Å². The van der Waals surface area contributed by atoms with E-state index in [1.807, 2.05) is 0 Å². The summed E-state index contributed by atoms with van der Waals surface area (Å²) in [6.07, 6.45) is 0.926. The molecule has 106 valence electrons. The van der Waals surface area contributed by atoms with Gasteiger partial charge in [-0.3, -0.25) is 9.69 Å². The van der Waals surface area contributed by atoms with Crippen molar-refractivity contribution in [1.29, 1.82) is 0 Å². The van der Waals surface area contributed by atoms with Crippen molar-refractivity contribution in [2.24, 2.45) is 0 Å². The third kappa shape index (κ3) is 3.45. The number of carbonyl (C=O) groups is 1. The van der Waals surface area contributed by atoms with Crippen molar-refractivity contribution in [3.8, 4) is 0 Å². The summed E-state index contributed by atoms with van der Waals surface area (Å²) in [6.45, 7) is 12.9. The molecule has 4 nitrogen and oxygen atoms in total. The second-order valence-electron chi connectivity index (χ2n) is 6.53. The first-order valence-corrected chi connectivity index (χ1v) is 6.62. The van der Waals surface area contributed by atoms with Gasteiger partial charge in [-0.25, -0.2) is 0 Å². The second kappa shape index (κ2) is 5.17. The lowest BCUT2D eigenvalue weighted by Crippen LogP contribution is -2.51. The van der Waals surface area contributed by atoms with Gasteiger partial charge in [0.05, 0.1) is 24.9 Å². The van der Waals surface area contributed by atoms with Crippen molar-refractivity contribution in [1.82, 2.24) is 4.90 Å². The zero-order valence-electron chi connectivity index (χ0n) is 12.7. The molecule has 1 rings (SSSR count). The standard InChI is InChI=1S/C14H27NO3/c1-10(2)15(9-12(16)17-7)11-8-13(3,4)18-14(11,5)6/h10-11H,8-9H2,1-7H3. The summed E-state index contributed by atoms with van der Waals surface area (Å²) < 4.78 is 10.9. The van der Waals surface area contributed by atoms with Crippen molar-refractivity contribution < 1.29 is 14.3 Å². The Morgan fingerprint density at radius 3 is 2.28 bits per heavy atom. The lowest BCUT2D eigenvalue weighted by molar-refractivity contribution is -0.144. The van der Waals surface area contributed by atoms with Crippen LogP contribution in [0.15, 0.2) is 0 Å². The molecule has 1 heterocycles. The maximum Gasteiger partial charge on any atom is 0.319 e. The van der Waals surface area contributed by atoms with E-state index in [-0.39, 0.29) is 29.3 Å². The summed E-state index contributed by atoms with van der Waals surface area (Å²) in [7, 11) is 1.43. The SMILES string of the molecule is COC(=O)CN(C(C)C)C1CC(C)(C)OC1(C)C. The van der Waals surface area contributed by atoms with Crippen LogP contribution in [-0.4, -0.2) is 47.8 Å². The van der Waals surface area contributed by atoms with E-state index in [9.17, 15) is 4.79 Å². The van der Waals surface area contributed by atoms with E-state index in [1.165, 1.54) is 7.11 Å². The molecule has 1 unspecified atom stereocenters. The van der Waals surface area contributed by atoms with Crippen LogP contribution < -0.4 is 0 Å². The van der Waals surface area contributed by atoms with Gasteiger partial charge in [-0.05, 0) is 48.0 Å². The number of rotatable bonds is 4. The average Bonchev–Trinajstić information content (AvgIpc) is 2.42. The van der Waals surface area contributed by atoms with Gasteiger partial charge in [0.25, 0.3) is 0 Å². The van der Waals surface area contributed by atoms with E-state index in [0.29, 0.717) is 6.54 Å². The normalized spacial score (nSPS) is 25.7. The Hall–Kier alpha value is -0.610. The Kier molecular flexibility index (Phi) is 4.44. The van der Waals surface area contributed by atoms with E-state index < -0.39 is 0 Å². The van der Waals surface area contributed by atoms with Gasteiger partial charge < -0.3 is 9.47 Å². The summed E-state index contributed by atoms with van der Waals surface area (Å²) in [5, 5.41) is 0. The Bertz CT molecular complexity index is 310. The summed E-state index contributed by atoms with van der Waals surface area (Å²) in [5.74, 6) is -0.191. The molecule has 0 bridgehead atoms.